The molecule has 0 amide bonds. The number of nitrogens with zero attached hydrogens (tertiary/aromatic N) is 2. The summed E-state index contributed by atoms with van der Waals surface area (Å²) in [5.41, 5.74) is 2.34. The van der Waals surface area contributed by atoms with Crippen molar-refractivity contribution in [3.05, 3.63) is 48.3 Å². The summed E-state index contributed by atoms with van der Waals surface area (Å²) in [6.07, 6.45) is 2.03. The van der Waals surface area contributed by atoms with E-state index in [1.165, 1.54) is 0 Å². The van der Waals surface area contributed by atoms with Crippen LogP contribution in [0, 0.1) is 5.41 Å². The zero-order chi connectivity index (χ0) is 13.9. The molecule has 0 bridgehead atoms. The third-order valence-electron chi connectivity index (χ3n) is 3.20. The molecule has 0 saturated heterocycles. The lowest BCUT2D eigenvalue weighted by atomic mass is 9.85. The van der Waals surface area contributed by atoms with E-state index in [4.69, 9.17) is 5.10 Å². The second-order valence-corrected chi connectivity index (χ2v) is 5.88. The van der Waals surface area contributed by atoms with Gasteiger partial charge in [-0.15, -0.1) is 0 Å². The maximum absolute atomic E-state index is 4.72. The molecule has 1 N–H and O–H groups in total. The second kappa shape index (κ2) is 5.57. The normalized spacial score (nSPS) is 13.5. The molecule has 2 aromatic rings. The van der Waals surface area contributed by atoms with Crippen LogP contribution in [-0.4, -0.2) is 16.3 Å². The third-order valence-corrected chi connectivity index (χ3v) is 3.20. The van der Waals surface area contributed by atoms with Crippen LogP contribution in [0.4, 0.5) is 0 Å². The van der Waals surface area contributed by atoms with E-state index in [9.17, 15) is 0 Å². The van der Waals surface area contributed by atoms with Gasteiger partial charge >= 0.3 is 0 Å². The lowest BCUT2D eigenvalue weighted by Gasteiger charge is -2.29. The van der Waals surface area contributed by atoms with Gasteiger partial charge in [0.1, 0.15) is 0 Å². The summed E-state index contributed by atoms with van der Waals surface area (Å²) in [5, 5.41) is 8.25. The topological polar surface area (TPSA) is 29.9 Å². The minimum atomic E-state index is 0.145. The third kappa shape index (κ3) is 3.24. The summed E-state index contributed by atoms with van der Waals surface area (Å²) >= 11 is 0. The summed E-state index contributed by atoms with van der Waals surface area (Å²) in [4.78, 5) is 0. The standard InChI is InChI=1S/C16H23N3/c1-5-17-15(16(2,3)4)14-11-12-19(18-14)13-9-7-6-8-10-13/h6-12,15,17H,5H2,1-4H3. The summed E-state index contributed by atoms with van der Waals surface area (Å²) in [5.74, 6) is 0. The number of rotatable bonds is 4. The van der Waals surface area contributed by atoms with Gasteiger partial charge in [0, 0.05) is 6.20 Å². The zero-order valence-corrected chi connectivity index (χ0v) is 12.2. The molecule has 0 fully saturated rings. The number of hydrogen-bond donors (Lipinski definition) is 1. The molecule has 1 aromatic carbocycles. The minimum absolute atomic E-state index is 0.145. The van der Waals surface area contributed by atoms with Gasteiger partial charge in [-0.2, -0.15) is 5.10 Å². The smallest absolute Gasteiger partial charge is 0.0803 e. The molecule has 0 aliphatic carbocycles. The lowest BCUT2D eigenvalue weighted by molar-refractivity contribution is 0.271. The first-order chi connectivity index (χ1) is 9.02. The number of nitrogens with one attached hydrogen (secondary N) is 1. The largest absolute Gasteiger partial charge is 0.308 e. The molecule has 19 heavy (non-hydrogen) atoms. The van der Waals surface area contributed by atoms with E-state index in [1.807, 2.05) is 29.1 Å². The maximum Gasteiger partial charge on any atom is 0.0803 e. The van der Waals surface area contributed by atoms with E-state index < -0.39 is 0 Å². The molecule has 0 radical (unpaired) electrons. The van der Waals surface area contributed by atoms with Gasteiger partial charge in [0.25, 0.3) is 0 Å². The van der Waals surface area contributed by atoms with Crippen molar-refractivity contribution in [2.24, 2.45) is 5.41 Å². The van der Waals surface area contributed by atoms with Gasteiger partial charge in [0.05, 0.1) is 17.4 Å². The van der Waals surface area contributed by atoms with Crippen molar-refractivity contribution in [3.63, 3.8) is 0 Å². The number of aromatic nitrogens is 2. The average Bonchev–Trinajstić information content (AvgIpc) is 2.84. The van der Waals surface area contributed by atoms with E-state index in [0.717, 1.165) is 17.9 Å². The SMILES string of the molecule is CCNC(c1ccn(-c2ccccc2)n1)C(C)(C)C. The van der Waals surface area contributed by atoms with E-state index >= 15 is 0 Å². The molecule has 1 atom stereocenters. The molecule has 3 nitrogen and oxygen atoms in total. The predicted octanol–water partition coefficient (Wildman–Crippen LogP) is 3.57. The molecular weight excluding hydrogens is 234 g/mol. The molecule has 0 aliphatic heterocycles. The number of para-hydroxylation sites is 1. The summed E-state index contributed by atoms with van der Waals surface area (Å²) < 4.78 is 1.94. The van der Waals surface area contributed by atoms with Crippen LogP contribution in [0.25, 0.3) is 5.69 Å². The predicted molar refractivity (Wildman–Crippen MR) is 79.4 cm³/mol. The Kier molecular flexibility index (Phi) is 4.05. The van der Waals surface area contributed by atoms with Crippen molar-refractivity contribution in [1.82, 2.24) is 15.1 Å². The molecular formula is C16H23N3. The Bertz CT molecular complexity index is 508. The molecule has 1 aromatic heterocycles. The molecule has 0 aliphatic rings. The summed E-state index contributed by atoms with van der Waals surface area (Å²) in [6.45, 7) is 9.79. The first-order valence-electron chi connectivity index (χ1n) is 6.86. The Balaban J connectivity index is 2.29. The average molecular weight is 257 g/mol. The Morgan fingerprint density at radius 3 is 2.42 bits per heavy atom. The van der Waals surface area contributed by atoms with Crippen molar-refractivity contribution in [3.8, 4) is 5.69 Å². The number of benzene rings is 1. The van der Waals surface area contributed by atoms with Gasteiger partial charge < -0.3 is 5.32 Å². The van der Waals surface area contributed by atoms with Crippen LogP contribution in [0.15, 0.2) is 42.6 Å². The zero-order valence-electron chi connectivity index (χ0n) is 12.2. The molecule has 1 unspecified atom stereocenters. The van der Waals surface area contributed by atoms with Crippen LogP contribution in [0.5, 0.6) is 0 Å². The van der Waals surface area contributed by atoms with E-state index in [0.29, 0.717) is 0 Å². The van der Waals surface area contributed by atoms with Gasteiger partial charge in [-0.3, -0.25) is 0 Å². The highest BCUT2D eigenvalue weighted by atomic mass is 15.3. The fourth-order valence-corrected chi connectivity index (χ4v) is 2.28. The molecule has 3 heteroatoms. The molecule has 102 valence electrons. The molecule has 0 saturated carbocycles. The van der Waals surface area contributed by atoms with Crippen LogP contribution in [0.1, 0.15) is 39.4 Å². The van der Waals surface area contributed by atoms with Crippen LogP contribution >= 0.6 is 0 Å². The monoisotopic (exact) mass is 257 g/mol. The minimum Gasteiger partial charge on any atom is -0.308 e. The summed E-state index contributed by atoms with van der Waals surface area (Å²) in [7, 11) is 0. The van der Waals surface area contributed by atoms with Crippen molar-refractivity contribution in [2.75, 3.05) is 6.54 Å². The molecule has 0 spiro atoms. The van der Waals surface area contributed by atoms with Gasteiger partial charge in [0.2, 0.25) is 0 Å². The highest BCUT2D eigenvalue weighted by Crippen LogP contribution is 2.31. The van der Waals surface area contributed by atoms with E-state index in [-0.39, 0.29) is 11.5 Å². The maximum atomic E-state index is 4.72. The van der Waals surface area contributed by atoms with Crippen molar-refractivity contribution in [1.29, 1.82) is 0 Å². The highest BCUT2D eigenvalue weighted by molar-refractivity contribution is 5.30. The fraction of sp³-hybridized carbons (Fsp3) is 0.438. The Labute approximate surface area is 115 Å². The van der Waals surface area contributed by atoms with Crippen molar-refractivity contribution < 1.29 is 0 Å². The summed E-state index contributed by atoms with van der Waals surface area (Å²) in [6, 6.07) is 12.6. The van der Waals surface area contributed by atoms with Crippen LogP contribution in [-0.2, 0) is 0 Å². The van der Waals surface area contributed by atoms with Gasteiger partial charge in [-0.1, -0.05) is 45.9 Å². The fourth-order valence-electron chi connectivity index (χ4n) is 2.28. The Morgan fingerprint density at radius 2 is 1.84 bits per heavy atom. The Morgan fingerprint density at radius 1 is 1.16 bits per heavy atom. The number of hydrogen-bond acceptors (Lipinski definition) is 2. The van der Waals surface area contributed by atoms with E-state index in [1.54, 1.807) is 0 Å². The van der Waals surface area contributed by atoms with Crippen LogP contribution in [0.2, 0.25) is 0 Å². The van der Waals surface area contributed by atoms with Crippen LogP contribution in [0.3, 0.4) is 0 Å². The van der Waals surface area contributed by atoms with Gasteiger partial charge in [-0.25, -0.2) is 4.68 Å². The van der Waals surface area contributed by atoms with Crippen LogP contribution < -0.4 is 5.32 Å². The molecule has 2 rings (SSSR count). The van der Waals surface area contributed by atoms with E-state index in [2.05, 4.69) is 51.2 Å². The Hall–Kier alpha value is -1.61. The quantitative estimate of drug-likeness (QED) is 0.907. The first-order valence-corrected chi connectivity index (χ1v) is 6.86. The second-order valence-electron chi connectivity index (χ2n) is 5.88. The lowest BCUT2D eigenvalue weighted by Crippen LogP contribution is -2.32. The molecule has 1 heterocycles. The van der Waals surface area contributed by atoms with Gasteiger partial charge in [-0.05, 0) is 30.2 Å². The van der Waals surface area contributed by atoms with Crippen molar-refractivity contribution in [2.45, 2.75) is 33.7 Å². The highest BCUT2D eigenvalue weighted by Gasteiger charge is 2.27. The van der Waals surface area contributed by atoms with Crippen molar-refractivity contribution >= 4 is 0 Å². The van der Waals surface area contributed by atoms with Gasteiger partial charge in [0.15, 0.2) is 0 Å². The first kappa shape index (κ1) is 13.8.